The Labute approximate surface area is 137 Å². The summed E-state index contributed by atoms with van der Waals surface area (Å²) in [6.45, 7) is 9.99. The maximum Gasteiger partial charge on any atom is 0.246 e. The summed E-state index contributed by atoms with van der Waals surface area (Å²) in [5, 5.41) is 1.01. The number of hydrogen-bond acceptors (Lipinski definition) is 1. The van der Waals surface area contributed by atoms with Gasteiger partial charge < -0.3 is 4.90 Å². The van der Waals surface area contributed by atoms with E-state index in [1.54, 1.807) is 24.3 Å². The molecule has 116 valence electrons. The van der Waals surface area contributed by atoms with Crippen LogP contribution in [0.15, 0.2) is 24.3 Å². The third-order valence-corrected chi connectivity index (χ3v) is 3.58. The first-order valence-corrected chi connectivity index (χ1v) is 7.97. The minimum atomic E-state index is 0.0310. The average Bonchev–Trinajstić information content (AvgIpc) is 2.38. The lowest BCUT2D eigenvalue weighted by Crippen LogP contribution is -2.35. The van der Waals surface area contributed by atoms with Gasteiger partial charge in [-0.3, -0.25) is 4.79 Å². The maximum atomic E-state index is 12.3. The largest absolute Gasteiger partial charge is 0.339 e. The van der Waals surface area contributed by atoms with Gasteiger partial charge in [0.1, 0.15) is 0 Å². The summed E-state index contributed by atoms with van der Waals surface area (Å²) in [4.78, 5) is 14.2. The highest BCUT2D eigenvalue weighted by Gasteiger charge is 2.13. The van der Waals surface area contributed by atoms with E-state index in [0.717, 1.165) is 18.7 Å². The van der Waals surface area contributed by atoms with Crippen molar-refractivity contribution in [2.45, 2.75) is 27.7 Å². The van der Waals surface area contributed by atoms with Gasteiger partial charge in [0, 0.05) is 19.2 Å². The Bertz CT molecular complexity index is 500. The zero-order chi connectivity index (χ0) is 16.0. The molecule has 0 unspecified atom stereocenters. The highest BCUT2D eigenvalue weighted by Crippen LogP contribution is 2.23. The number of benzene rings is 1. The average molecular weight is 328 g/mol. The van der Waals surface area contributed by atoms with Gasteiger partial charge in [0.15, 0.2) is 0 Å². The number of carbonyl (C=O) groups excluding carboxylic acids is 1. The fraction of sp³-hybridized carbons (Fsp3) is 0.471. The van der Waals surface area contributed by atoms with Crippen LogP contribution in [0.25, 0.3) is 6.08 Å². The SMILES string of the molecule is CC(C)CN(CC(C)C)C(=O)C=Cc1ccc(Cl)c(Cl)c1. The Balaban J connectivity index is 2.79. The quantitative estimate of drug-likeness (QED) is 0.662. The van der Waals surface area contributed by atoms with E-state index >= 15 is 0 Å². The molecule has 4 heteroatoms. The van der Waals surface area contributed by atoms with Crippen molar-refractivity contribution in [3.05, 3.63) is 39.9 Å². The predicted molar refractivity (Wildman–Crippen MR) is 91.8 cm³/mol. The smallest absolute Gasteiger partial charge is 0.246 e. The van der Waals surface area contributed by atoms with E-state index in [9.17, 15) is 4.79 Å². The summed E-state index contributed by atoms with van der Waals surface area (Å²) in [5.74, 6) is 0.931. The lowest BCUT2D eigenvalue weighted by Gasteiger charge is -2.25. The van der Waals surface area contributed by atoms with E-state index in [1.807, 2.05) is 11.0 Å². The van der Waals surface area contributed by atoms with Crippen molar-refractivity contribution in [2.24, 2.45) is 11.8 Å². The summed E-state index contributed by atoms with van der Waals surface area (Å²) in [5.41, 5.74) is 0.867. The second kappa shape index (κ2) is 8.45. The molecule has 1 rings (SSSR count). The van der Waals surface area contributed by atoms with Gasteiger partial charge in [-0.25, -0.2) is 0 Å². The Morgan fingerprint density at radius 1 is 1.10 bits per heavy atom. The first-order valence-electron chi connectivity index (χ1n) is 7.21. The Morgan fingerprint density at radius 2 is 1.67 bits per heavy atom. The molecule has 0 spiro atoms. The summed E-state index contributed by atoms with van der Waals surface area (Å²) >= 11 is 11.8. The minimum Gasteiger partial charge on any atom is -0.339 e. The Hall–Kier alpha value is -0.990. The first-order chi connectivity index (χ1) is 9.79. The lowest BCUT2D eigenvalue weighted by atomic mass is 10.1. The summed E-state index contributed by atoms with van der Waals surface area (Å²) in [6.07, 6.45) is 3.38. The van der Waals surface area contributed by atoms with Crippen LogP contribution in [0.5, 0.6) is 0 Å². The van der Waals surface area contributed by atoms with Crippen LogP contribution in [-0.2, 0) is 4.79 Å². The molecule has 21 heavy (non-hydrogen) atoms. The van der Waals surface area contributed by atoms with Gasteiger partial charge in [-0.1, -0.05) is 57.0 Å². The summed E-state index contributed by atoms with van der Waals surface area (Å²) in [6, 6.07) is 5.32. The standard InChI is InChI=1S/C17H23Cl2NO/c1-12(2)10-20(11-13(3)4)17(21)8-6-14-5-7-15(18)16(19)9-14/h5-9,12-13H,10-11H2,1-4H3. The van der Waals surface area contributed by atoms with Crippen LogP contribution in [0.2, 0.25) is 10.0 Å². The van der Waals surface area contributed by atoms with Crippen LogP contribution in [-0.4, -0.2) is 23.9 Å². The van der Waals surface area contributed by atoms with Crippen LogP contribution in [0.1, 0.15) is 33.3 Å². The molecule has 1 aromatic rings. The molecule has 0 radical (unpaired) electrons. The van der Waals surface area contributed by atoms with Crippen LogP contribution in [0, 0.1) is 11.8 Å². The predicted octanol–water partition coefficient (Wildman–Crippen LogP) is 5.15. The Kier molecular flexibility index (Phi) is 7.27. The highest BCUT2D eigenvalue weighted by molar-refractivity contribution is 6.42. The molecule has 0 bridgehead atoms. The van der Waals surface area contributed by atoms with Crippen LogP contribution in [0.3, 0.4) is 0 Å². The van der Waals surface area contributed by atoms with Crippen LogP contribution in [0.4, 0.5) is 0 Å². The first kappa shape index (κ1) is 18.1. The molecule has 0 aliphatic carbocycles. The summed E-state index contributed by atoms with van der Waals surface area (Å²) in [7, 11) is 0. The van der Waals surface area contributed by atoms with Gasteiger partial charge >= 0.3 is 0 Å². The van der Waals surface area contributed by atoms with Crippen molar-refractivity contribution in [3.63, 3.8) is 0 Å². The van der Waals surface area contributed by atoms with Crippen LogP contribution < -0.4 is 0 Å². The molecule has 0 saturated carbocycles. The molecule has 1 amide bonds. The topological polar surface area (TPSA) is 20.3 Å². The molecule has 0 N–H and O–H groups in total. The molecule has 0 aromatic heterocycles. The van der Waals surface area contributed by atoms with Crippen molar-refractivity contribution in [1.29, 1.82) is 0 Å². The molecule has 0 heterocycles. The van der Waals surface area contributed by atoms with Gasteiger partial charge in [0.25, 0.3) is 0 Å². The molecule has 0 fully saturated rings. The number of hydrogen-bond donors (Lipinski definition) is 0. The monoisotopic (exact) mass is 327 g/mol. The second-order valence-corrected chi connectivity index (χ2v) is 6.85. The van der Waals surface area contributed by atoms with E-state index in [-0.39, 0.29) is 5.91 Å². The number of rotatable bonds is 6. The van der Waals surface area contributed by atoms with Crippen molar-refractivity contribution in [3.8, 4) is 0 Å². The van der Waals surface area contributed by atoms with Gasteiger partial charge in [0.05, 0.1) is 10.0 Å². The van der Waals surface area contributed by atoms with Gasteiger partial charge in [-0.05, 0) is 35.6 Å². The molecule has 0 aliphatic rings. The van der Waals surface area contributed by atoms with Crippen molar-refractivity contribution < 1.29 is 4.79 Å². The van der Waals surface area contributed by atoms with Gasteiger partial charge in [0.2, 0.25) is 5.91 Å². The van der Waals surface area contributed by atoms with Crippen molar-refractivity contribution >= 4 is 35.2 Å². The maximum absolute atomic E-state index is 12.3. The number of carbonyl (C=O) groups is 1. The fourth-order valence-electron chi connectivity index (χ4n) is 2.02. The van der Waals surface area contributed by atoms with Gasteiger partial charge in [-0.2, -0.15) is 0 Å². The van der Waals surface area contributed by atoms with E-state index in [4.69, 9.17) is 23.2 Å². The number of nitrogens with zero attached hydrogens (tertiary/aromatic N) is 1. The fourth-order valence-corrected chi connectivity index (χ4v) is 2.33. The molecular formula is C17H23Cl2NO. The van der Waals surface area contributed by atoms with E-state index in [1.165, 1.54) is 0 Å². The van der Waals surface area contributed by atoms with E-state index < -0.39 is 0 Å². The van der Waals surface area contributed by atoms with Crippen LogP contribution >= 0.6 is 23.2 Å². The molecule has 0 aliphatic heterocycles. The molecule has 0 saturated heterocycles. The molecular weight excluding hydrogens is 305 g/mol. The highest BCUT2D eigenvalue weighted by atomic mass is 35.5. The van der Waals surface area contributed by atoms with Crippen molar-refractivity contribution in [2.75, 3.05) is 13.1 Å². The number of amides is 1. The zero-order valence-electron chi connectivity index (χ0n) is 13.1. The Morgan fingerprint density at radius 3 is 2.14 bits per heavy atom. The van der Waals surface area contributed by atoms with E-state index in [0.29, 0.717) is 21.9 Å². The lowest BCUT2D eigenvalue weighted by molar-refractivity contribution is -0.127. The van der Waals surface area contributed by atoms with E-state index in [2.05, 4.69) is 27.7 Å². The molecule has 0 atom stereocenters. The third kappa shape index (κ3) is 6.54. The third-order valence-electron chi connectivity index (χ3n) is 2.84. The molecule has 1 aromatic carbocycles. The zero-order valence-corrected chi connectivity index (χ0v) is 14.6. The second-order valence-electron chi connectivity index (χ2n) is 6.04. The normalized spacial score (nSPS) is 11.6. The number of halogens is 2. The van der Waals surface area contributed by atoms with Crippen molar-refractivity contribution in [1.82, 2.24) is 4.90 Å². The minimum absolute atomic E-state index is 0.0310. The summed E-state index contributed by atoms with van der Waals surface area (Å²) < 4.78 is 0. The van der Waals surface area contributed by atoms with Gasteiger partial charge in [-0.15, -0.1) is 0 Å². The molecule has 2 nitrogen and oxygen atoms in total.